The van der Waals surface area contributed by atoms with Gasteiger partial charge in [-0.15, -0.1) is 0 Å². The molecule has 3 atom stereocenters. The largest absolute Gasteiger partial charge is 0.384 e. The Kier molecular flexibility index (Phi) is 3.85. The van der Waals surface area contributed by atoms with Gasteiger partial charge in [0.1, 0.15) is 0 Å². The fourth-order valence-corrected chi connectivity index (χ4v) is 2.63. The summed E-state index contributed by atoms with van der Waals surface area (Å²) in [4.78, 5) is 0. The zero-order valence-corrected chi connectivity index (χ0v) is 10.8. The van der Waals surface area contributed by atoms with E-state index in [1.165, 1.54) is 19.3 Å². The Bertz CT molecular complexity index is 347. The summed E-state index contributed by atoms with van der Waals surface area (Å²) >= 11 is 0. The van der Waals surface area contributed by atoms with Crippen molar-refractivity contribution in [2.45, 2.75) is 44.8 Å². The van der Waals surface area contributed by atoms with E-state index < -0.39 is 5.60 Å². The van der Waals surface area contributed by atoms with E-state index in [1.54, 1.807) is 0 Å². The van der Waals surface area contributed by atoms with Crippen molar-refractivity contribution >= 4 is 0 Å². The first-order chi connectivity index (χ1) is 8.08. The third kappa shape index (κ3) is 3.30. The molecular weight excluding hydrogens is 210 g/mol. The molecule has 0 saturated heterocycles. The molecule has 3 unspecified atom stereocenters. The molecule has 0 spiro atoms. The zero-order chi connectivity index (χ0) is 12.3. The van der Waals surface area contributed by atoms with Gasteiger partial charge in [0.15, 0.2) is 0 Å². The first-order valence-corrected chi connectivity index (χ1v) is 6.59. The zero-order valence-electron chi connectivity index (χ0n) is 10.8. The topological polar surface area (TPSA) is 32.3 Å². The smallest absolute Gasteiger partial charge is 0.0992 e. The molecule has 0 bridgehead atoms. The summed E-state index contributed by atoms with van der Waals surface area (Å²) in [5.74, 6) is 0.828. The van der Waals surface area contributed by atoms with Crippen LogP contribution in [-0.4, -0.2) is 17.7 Å². The highest BCUT2D eigenvalue weighted by Gasteiger charge is 2.26. The molecule has 1 saturated carbocycles. The molecule has 0 aromatic heterocycles. The Morgan fingerprint density at radius 3 is 2.59 bits per heavy atom. The lowest BCUT2D eigenvalue weighted by Crippen LogP contribution is -2.39. The van der Waals surface area contributed by atoms with Gasteiger partial charge in [-0.2, -0.15) is 0 Å². The van der Waals surface area contributed by atoms with Gasteiger partial charge < -0.3 is 10.4 Å². The van der Waals surface area contributed by atoms with Crippen LogP contribution in [0.4, 0.5) is 0 Å². The van der Waals surface area contributed by atoms with E-state index >= 15 is 0 Å². The number of hydrogen-bond acceptors (Lipinski definition) is 2. The molecule has 1 aromatic carbocycles. The molecule has 2 rings (SSSR count). The van der Waals surface area contributed by atoms with Crippen molar-refractivity contribution in [3.05, 3.63) is 35.9 Å². The number of nitrogens with one attached hydrogen (secondary N) is 1. The fourth-order valence-electron chi connectivity index (χ4n) is 2.63. The third-order valence-electron chi connectivity index (χ3n) is 3.83. The second kappa shape index (κ2) is 5.19. The van der Waals surface area contributed by atoms with Crippen molar-refractivity contribution in [2.24, 2.45) is 5.92 Å². The monoisotopic (exact) mass is 233 g/mol. The second-order valence-electron chi connectivity index (χ2n) is 5.64. The van der Waals surface area contributed by atoms with Crippen LogP contribution >= 0.6 is 0 Å². The van der Waals surface area contributed by atoms with Gasteiger partial charge in [0.05, 0.1) is 5.60 Å². The molecule has 0 aliphatic heterocycles. The summed E-state index contributed by atoms with van der Waals surface area (Å²) in [6, 6.07) is 10.5. The Balaban J connectivity index is 1.89. The average Bonchev–Trinajstić information content (AvgIpc) is 2.74. The van der Waals surface area contributed by atoms with Gasteiger partial charge in [-0.1, -0.05) is 37.3 Å². The van der Waals surface area contributed by atoms with Gasteiger partial charge in [0.2, 0.25) is 0 Å². The normalized spacial score (nSPS) is 27.9. The minimum absolute atomic E-state index is 0.584. The van der Waals surface area contributed by atoms with Crippen molar-refractivity contribution in [2.75, 3.05) is 6.54 Å². The summed E-state index contributed by atoms with van der Waals surface area (Å²) in [5.41, 5.74) is 0.214. The first-order valence-electron chi connectivity index (χ1n) is 6.59. The van der Waals surface area contributed by atoms with E-state index in [0.29, 0.717) is 12.6 Å². The van der Waals surface area contributed by atoms with Crippen LogP contribution in [0.1, 0.15) is 38.7 Å². The molecule has 0 amide bonds. The van der Waals surface area contributed by atoms with Crippen LogP contribution in [0.25, 0.3) is 0 Å². The summed E-state index contributed by atoms with van der Waals surface area (Å²) in [6.07, 6.45) is 3.79. The van der Waals surface area contributed by atoms with Crippen molar-refractivity contribution < 1.29 is 5.11 Å². The highest BCUT2D eigenvalue weighted by Crippen LogP contribution is 2.26. The minimum Gasteiger partial charge on any atom is -0.384 e. The Hall–Kier alpha value is -0.860. The van der Waals surface area contributed by atoms with Gasteiger partial charge >= 0.3 is 0 Å². The number of hydrogen-bond donors (Lipinski definition) is 2. The van der Waals surface area contributed by atoms with Gasteiger partial charge in [0.25, 0.3) is 0 Å². The maximum Gasteiger partial charge on any atom is 0.0992 e. The highest BCUT2D eigenvalue weighted by atomic mass is 16.3. The number of aliphatic hydroxyl groups is 1. The molecule has 2 nitrogen and oxygen atoms in total. The molecular formula is C15H23NO. The Morgan fingerprint density at radius 1 is 1.29 bits per heavy atom. The van der Waals surface area contributed by atoms with Gasteiger partial charge in [-0.25, -0.2) is 0 Å². The lowest BCUT2D eigenvalue weighted by Gasteiger charge is -2.26. The predicted molar refractivity (Wildman–Crippen MR) is 70.8 cm³/mol. The van der Waals surface area contributed by atoms with Crippen molar-refractivity contribution in [3.8, 4) is 0 Å². The van der Waals surface area contributed by atoms with Crippen LogP contribution in [0.3, 0.4) is 0 Å². The number of rotatable bonds is 4. The standard InChI is InChI=1S/C15H23NO/c1-12-8-9-14(10-12)16-11-15(2,17)13-6-4-3-5-7-13/h3-7,12,14,16-17H,8-11H2,1-2H3. The van der Waals surface area contributed by atoms with Crippen LogP contribution in [0.15, 0.2) is 30.3 Å². The quantitative estimate of drug-likeness (QED) is 0.838. The van der Waals surface area contributed by atoms with Gasteiger partial charge in [-0.3, -0.25) is 0 Å². The van der Waals surface area contributed by atoms with Crippen LogP contribution in [0, 0.1) is 5.92 Å². The number of benzene rings is 1. The predicted octanol–water partition coefficient (Wildman–Crippen LogP) is 2.67. The van der Waals surface area contributed by atoms with Crippen LogP contribution in [-0.2, 0) is 5.60 Å². The molecule has 0 heterocycles. The molecule has 1 fully saturated rings. The summed E-state index contributed by atoms with van der Waals surface area (Å²) in [5, 5.41) is 14.0. The molecule has 1 aliphatic carbocycles. The fraction of sp³-hybridized carbons (Fsp3) is 0.600. The van der Waals surface area contributed by atoms with Gasteiger partial charge in [-0.05, 0) is 37.7 Å². The maximum atomic E-state index is 10.4. The van der Waals surface area contributed by atoms with E-state index in [1.807, 2.05) is 37.3 Å². The molecule has 1 aliphatic rings. The summed E-state index contributed by atoms with van der Waals surface area (Å²) < 4.78 is 0. The Labute approximate surface area is 104 Å². The summed E-state index contributed by atoms with van der Waals surface area (Å²) in [7, 11) is 0. The molecule has 2 N–H and O–H groups in total. The molecule has 0 radical (unpaired) electrons. The Morgan fingerprint density at radius 2 is 2.00 bits per heavy atom. The average molecular weight is 233 g/mol. The maximum absolute atomic E-state index is 10.4. The SMILES string of the molecule is CC1CCC(NCC(C)(O)c2ccccc2)C1. The van der Waals surface area contributed by atoms with E-state index in [0.717, 1.165) is 11.5 Å². The van der Waals surface area contributed by atoms with E-state index in [9.17, 15) is 5.11 Å². The third-order valence-corrected chi connectivity index (χ3v) is 3.83. The lowest BCUT2D eigenvalue weighted by molar-refractivity contribution is 0.0539. The van der Waals surface area contributed by atoms with Crippen molar-refractivity contribution in [1.29, 1.82) is 0 Å². The van der Waals surface area contributed by atoms with Crippen LogP contribution in [0.5, 0.6) is 0 Å². The molecule has 94 valence electrons. The molecule has 17 heavy (non-hydrogen) atoms. The second-order valence-corrected chi connectivity index (χ2v) is 5.64. The van der Waals surface area contributed by atoms with Crippen molar-refractivity contribution in [3.63, 3.8) is 0 Å². The van der Waals surface area contributed by atoms with Gasteiger partial charge in [0, 0.05) is 12.6 Å². The molecule has 2 heteroatoms. The van der Waals surface area contributed by atoms with Crippen LogP contribution < -0.4 is 5.32 Å². The van der Waals surface area contributed by atoms with Crippen LogP contribution in [0.2, 0.25) is 0 Å². The first kappa shape index (κ1) is 12.6. The van der Waals surface area contributed by atoms with Crippen molar-refractivity contribution in [1.82, 2.24) is 5.32 Å². The lowest BCUT2D eigenvalue weighted by atomic mass is 9.95. The van der Waals surface area contributed by atoms with E-state index in [-0.39, 0.29) is 0 Å². The highest BCUT2D eigenvalue weighted by molar-refractivity contribution is 5.21. The summed E-state index contributed by atoms with van der Waals surface area (Å²) in [6.45, 7) is 4.82. The van der Waals surface area contributed by atoms with E-state index in [4.69, 9.17) is 0 Å². The molecule has 1 aromatic rings. The van der Waals surface area contributed by atoms with E-state index in [2.05, 4.69) is 12.2 Å². The minimum atomic E-state index is -0.771.